The molecule has 12 heteroatoms. The molecule has 1 aromatic carbocycles. The predicted octanol–water partition coefficient (Wildman–Crippen LogP) is 3.82. The molecule has 0 aliphatic carbocycles. The van der Waals surface area contributed by atoms with Crippen LogP contribution in [0.4, 0.5) is 13.2 Å². The topological polar surface area (TPSA) is 90.3 Å². The van der Waals surface area contributed by atoms with Gasteiger partial charge >= 0.3 is 6.18 Å². The second-order valence-corrected chi connectivity index (χ2v) is 10.2. The predicted molar refractivity (Wildman–Crippen MR) is 121 cm³/mol. The maximum Gasteiger partial charge on any atom is 0.408 e. The first kappa shape index (κ1) is 22.9. The van der Waals surface area contributed by atoms with E-state index < -0.39 is 18.3 Å². The number of rotatable bonds is 5. The molecule has 0 bridgehead atoms. The number of thioether (sulfide) groups is 1. The zero-order valence-electron chi connectivity index (χ0n) is 18.5. The van der Waals surface area contributed by atoms with Crippen LogP contribution in [-0.2, 0) is 12.1 Å². The molecule has 2 aliphatic heterocycles. The number of benzene rings is 1. The van der Waals surface area contributed by atoms with Crippen LogP contribution >= 0.6 is 11.8 Å². The van der Waals surface area contributed by atoms with Crippen LogP contribution in [0.5, 0.6) is 5.75 Å². The summed E-state index contributed by atoms with van der Waals surface area (Å²) in [5.74, 6) is 0.829. The first-order valence-corrected chi connectivity index (χ1v) is 11.6. The smallest absolute Gasteiger partial charge is 0.408 e. The summed E-state index contributed by atoms with van der Waals surface area (Å²) < 4.78 is 47.4. The summed E-state index contributed by atoms with van der Waals surface area (Å²) in [7, 11) is 0. The van der Waals surface area contributed by atoms with E-state index in [1.165, 1.54) is 11.8 Å². The maximum atomic E-state index is 12.9. The molecule has 2 aromatic heterocycles. The molecule has 180 valence electrons. The normalized spacial score (nSPS) is 20.4. The fraction of sp³-hybridized carbons (Fsp3) is 0.455. The van der Waals surface area contributed by atoms with E-state index in [0.717, 1.165) is 27.7 Å². The van der Waals surface area contributed by atoms with Crippen molar-refractivity contribution >= 4 is 16.8 Å². The quantitative estimate of drug-likeness (QED) is 0.583. The maximum absolute atomic E-state index is 12.9. The number of hydrogen-bond donors (Lipinski definition) is 1. The lowest BCUT2D eigenvalue weighted by atomic mass is 9.99. The number of halogens is 3. The average molecular weight is 493 g/mol. The number of alkyl halides is 3. The SMILES string of the molecule is CC(C)(CO)n1cc(-c2ccc3c(c2)OCCC2SC(c4ncnn4CC(F)(F)F)=NC32)cn1. The van der Waals surface area contributed by atoms with Gasteiger partial charge in [-0.1, -0.05) is 23.9 Å². The van der Waals surface area contributed by atoms with Crippen molar-refractivity contribution < 1.29 is 23.0 Å². The van der Waals surface area contributed by atoms with Gasteiger partial charge in [0, 0.05) is 22.6 Å². The number of aromatic nitrogens is 5. The van der Waals surface area contributed by atoms with E-state index >= 15 is 0 Å². The van der Waals surface area contributed by atoms with E-state index in [1.807, 2.05) is 38.2 Å². The minimum Gasteiger partial charge on any atom is -0.493 e. The van der Waals surface area contributed by atoms with Crippen LogP contribution in [0.25, 0.3) is 11.1 Å². The van der Waals surface area contributed by atoms with Crippen molar-refractivity contribution in [1.29, 1.82) is 0 Å². The van der Waals surface area contributed by atoms with Gasteiger partial charge in [0.1, 0.15) is 23.7 Å². The summed E-state index contributed by atoms with van der Waals surface area (Å²) >= 11 is 1.42. The van der Waals surface area contributed by atoms with E-state index in [4.69, 9.17) is 9.73 Å². The first-order chi connectivity index (χ1) is 16.1. The van der Waals surface area contributed by atoms with Crippen LogP contribution in [0.15, 0.2) is 41.9 Å². The highest BCUT2D eigenvalue weighted by atomic mass is 32.2. The van der Waals surface area contributed by atoms with Crippen LogP contribution < -0.4 is 4.74 Å². The fourth-order valence-corrected chi connectivity index (χ4v) is 5.28. The van der Waals surface area contributed by atoms with Gasteiger partial charge in [0.25, 0.3) is 0 Å². The number of aliphatic imine (C=N–C) groups is 1. The molecule has 2 atom stereocenters. The summed E-state index contributed by atoms with van der Waals surface area (Å²) in [5.41, 5.74) is 2.17. The summed E-state index contributed by atoms with van der Waals surface area (Å²) in [5, 5.41) is 18.2. The number of hydrogen-bond acceptors (Lipinski definition) is 7. The molecule has 5 rings (SSSR count). The van der Waals surface area contributed by atoms with Crippen molar-refractivity contribution in [3.05, 3.63) is 48.3 Å². The van der Waals surface area contributed by atoms with Gasteiger partial charge in [0.15, 0.2) is 5.82 Å². The first-order valence-electron chi connectivity index (χ1n) is 10.8. The average Bonchev–Trinajstić information content (AvgIpc) is 3.51. The molecule has 0 amide bonds. The Labute approximate surface area is 197 Å². The van der Waals surface area contributed by atoms with Crippen molar-refractivity contribution in [1.82, 2.24) is 24.5 Å². The number of aliphatic hydroxyl groups excluding tert-OH is 1. The highest BCUT2D eigenvalue weighted by molar-refractivity contribution is 8.15. The number of aliphatic hydroxyl groups is 1. The second kappa shape index (κ2) is 8.42. The molecular weight excluding hydrogens is 469 g/mol. The van der Waals surface area contributed by atoms with E-state index in [9.17, 15) is 18.3 Å². The second-order valence-electron chi connectivity index (χ2n) is 8.93. The monoisotopic (exact) mass is 492 g/mol. The Bertz CT molecular complexity index is 1240. The molecule has 0 radical (unpaired) electrons. The Balaban J connectivity index is 1.45. The Kier molecular flexibility index (Phi) is 5.67. The van der Waals surface area contributed by atoms with E-state index in [2.05, 4.69) is 15.2 Å². The third kappa shape index (κ3) is 4.31. The molecule has 8 nitrogen and oxygen atoms in total. The van der Waals surface area contributed by atoms with Gasteiger partial charge in [-0.2, -0.15) is 23.4 Å². The zero-order chi connectivity index (χ0) is 24.1. The molecule has 2 unspecified atom stereocenters. The molecule has 4 heterocycles. The van der Waals surface area contributed by atoms with Crippen molar-refractivity contribution in [3.8, 4) is 16.9 Å². The van der Waals surface area contributed by atoms with E-state index in [1.54, 1.807) is 10.9 Å². The van der Waals surface area contributed by atoms with Crippen molar-refractivity contribution in [2.45, 2.75) is 49.8 Å². The van der Waals surface area contributed by atoms with Gasteiger partial charge in [-0.3, -0.25) is 9.67 Å². The number of fused-ring (bicyclic) bond motifs is 3. The van der Waals surface area contributed by atoms with E-state index in [-0.39, 0.29) is 23.7 Å². The minimum absolute atomic E-state index is 0.0336. The molecule has 0 saturated heterocycles. The molecule has 0 fully saturated rings. The Morgan fingerprint density at radius 3 is 2.79 bits per heavy atom. The third-order valence-corrected chi connectivity index (χ3v) is 7.23. The molecule has 2 aliphatic rings. The zero-order valence-corrected chi connectivity index (χ0v) is 19.3. The van der Waals surface area contributed by atoms with Gasteiger partial charge in [-0.15, -0.1) is 0 Å². The molecular formula is C22H23F3N6O2S. The van der Waals surface area contributed by atoms with Crippen molar-refractivity contribution in [2.75, 3.05) is 13.2 Å². The lowest BCUT2D eigenvalue weighted by Crippen LogP contribution is -2.30. The van der Waals surface area contributed by atoms with Gasteiger partial charge in [0.2, 0.25) is 0 Å². The van der Waals surface area contributed by atoms with E-state index in [0.29, 0.717) is 23.8 Å². The standard InChI is InChI=1S/C22H23F3N6O2S/c1-21(2,11-32)31-9-14(8-27-31)13-3-4-15-16(7-13)33-6-5-17-18(15)29-20(34-17)19-26-12-28-30(19)10-22(23,24)25/h3-4,7-9,12,17-18,32H,5-6,10-11H2,1-2H3. The lowest BCUT2D eigenvalue weighted by molar-refractivity contribution is -0.142. The number of ether oxygens (including phenoxy) is 1. The highest BCUT2D eigenvalue weighted by Crippen LogP contribution is 2.46. The summed E-state index contributed by atoms with van der Waals surface area (Å²) in [6.07, 6.45) is 1.05. The molecule has 34 heavy (non-hydrogen) atoms. The van der Waals surface area contributed by atoms with Gasteiger partial charge in [0.05, 0.1) is 31.0 Å². The van der Waals surface area contributed by atoms with Gasteiger partial charge in [-0.25, -0.2) is 9.67 Å². The highest BCUT2D eigenvalue weighted by Gasteiger charge is 2.38. The van der Waals surface area contributed by atoms with Crippen LogP contribution in [-0.4, -0.2) is 59.3 Å². The molecule has 0 saturated carbocycles. The van der Waals surface area contributed by atoms with Gasteiger partial charge in [-0.05, 0) is 31.9 Å². The fourth-order valence-electron chi connectivity index (χ4n) is 4.00. The molecule has 3 aromatic rings. The van der Waals surface area contributed by atoms with Crippen molar-refractivity contribution in [3.63, 3.8) is 0 Å². The van der Waals surface area contributed by atoms with Crippen LogP contribution in [0, 0.1) is 0 Å². The Hall–Kier alpha value is -2.86. The van der Waals surface area contributed by atoms with Gasteiger partial charge < -0.3 is 9.84 Å². The Morgan fingerprint density at radius 1 is 1.21 bits per heavy atom. The largest absolute Gasteiger partial charge is 0.493 e. The van der Waals surface area contributed by atoms with Crippen LogP contribution in [0.3, 0.4) is 0 Å². The minimum atomic E-state index is -4.40. The summed E-state index contributed by atoms with van der Waals surface area (Å²) in [6.45, 7) is 3.01. The number of nitrogens with zero attached hydrogens (tertiary/aromatic N) is 6. The summed E-state index contributed by atoms with van der Waals surface area (Å²) in [6, 6.07) is 5.60. The lowest BCUT2D eigenvalue weighted by Gasteiger charge is -2.22. The summed E-state index contributed by atoms with van der Waals surface area (Å²) in [4.78, 5) is 8.80. The van der Waals surface area contributed by atoms with Crippen molar-refractivity contribution in [2.24, 2.45) is 4.99 Å². The molecule has 0 spiro atoms. The Morgan fingerprint density at radius 2 is 2.03 bits per heavy atom. The van der Waals surface area contributed by atoms with Crippen LogP contribution in [0.1, 0.15) is 37.7 Å². The third-order valence-electron chi connectivity index (χ3n) is 5.92. The molecule has 1 N–H and O–H groups in total. The van der Waals surface area contributed by atoms with Crippen LogP contribution in [0.2, 0.25) is 0 Å².